The van der Waals surface area contributed by atoms with Gasteiger partial charge in [0.05, 0.1) is 117 Å². The van der Waals surface area contributed by atoms with Crippen LogP contribution in [0.1, 0.15) is 30.0 Å². The van der Waals surface area contributed by atoms with Gasteiger partial charge >= 0.3 is 0 Å². The number of fused-ring (bicyclic) bond motifs is 3. The fraction of sp³-hybridized carbons (Fsp3) is 0.537. The lowest BCUT2D eigenvalue weighted by atomic mass is 9.97. The molecule has 0 saturated carbocycles. The smallest absolute Gasteiger partial charge is 0.225 e. The van der Waals surface area contributed by atoms with Crippen LogP contribution < -0.4 is 5.73 Å². The topological polar surface area (TPSA) is 192 Å². The number of carbonyl (C=O) groups excluding carboxylic acids is 1. The van der Waals surface area contributed by atoms with E-state index in [9.17, 15) is 4.79 Å². The number of amides is 1. The first-order chi connectivity index (χ1) is 28.6. The number of carbonyl (C=O) groups is 1. The summed E-state index contributed by atoms with van der Waals surface area (Å²) >= 11 is 0. The Balaban J connectivity index is 0.793. The number of hydrogen-bond acceptors (Lipinski definition) is 14. The Labute approximate surface area is 338 Å². The number of nitrogens with zero attached hydrogens (tertiary/aromatic N) is 6. The Morgan fingerprint density at radius 2 is 1.36 bits per heavy atom. The van der Waals surface area contributed by atoms with E-state index >= 15 is 0 Å². The summed E-state index contributed by atoms with van der Waals surface area (Å²) in [6.07, 6.45) is 6.21. The first-order valence-corrected chi connectivity index (χ1v) is 20.0. The molecule has 17 nitrogen and oxygen atoms in total. The lowest BCUT2D eigenvalue weighted by molar-refractivity contribution is -0.133. The van der Waals surface area contributed by atoms with E-state index in [4.69, 9.17) is 48.7 Å². The minimum atomic E-state index is 0.0813. The number of nitrogens with two attached hydrogens (primary N) is 1. The van der Waals surface area contributed by atoms with Gasteiger partial charge in [0.15, 0.2) is 5.65 Å². The van der Waals surface area contributed by atoms with Gasteiger partial charge in [0.2, 0.25) is 5.91 Å². The van der Waals surface area contributed by atoms with E-state index in [1.165, 1.54) is 11.9 Å². The molecule has 0 radical (unpaired) electrons. The maximum atomic E-state index is 13.0. The monoisotopic (exact) mass is 804 g/mol. The third kappa shape index (κ3) is 13.0. The number of rotatable bonds is 28. The molecule has 5 aromatic rings. The predicted octanol–water partition coefficient (Wildman–Crippen LogP) is 3.43. The van der Waals surface area contributed by atoms with Gasteiger partial charge < -0.3 is 53.5 Å². The second kappa shape index (κ2) is 23.7. The van der Waals surface area contributed by atoms with Crippen molar-refractivity contribution in [3.05, 3.63) is 65.7 Å². The van der Waals surface area contributed by atoms with Crippen molar-refractivity contribution in [1.82, 2.24) is 34.6 Å². The Hall–Kier alpha value is -4.59. The predicted molar refractivity (Wildman–Crippen MR) is 216 cm³/mol. The normalized spacial score (nSPS) is 12.9. The minimum Gasteiger partial charge on any atom is -0.383 e. The highest BCUT2D eigenvalue weighted by molar-refractivity contribution is 5.99. The van der Waals surface area contributed by atoms with Crippen molar-refractivity contribution in [3.8, 4) is 11.3 Å². The number of hydrogen-bond donors (Lipinski definition) is 2. The third-order valence-corrected chi connectivity index (χ3v) is 9.47. The van der Waals surface area contributed by atoms with E-state index in [1.54, 1.807) is 6.20 Å². The van der Waals surface area contributed by atoms with E-state index < -0.39 is 0 Å². The van der Waals surface area contributed by atoms with E-state index in [0.717, 1.165) is 34.1 Å². The Morgan fingerprint density at radius 3 is 2.00 bits per heavy atom. The highest BCUT2D eigenvalue weighted by Crippen LogP contribution is 2.32. The van der Waals surface area contributed by atoms with Crippen LogP contribution in [0.4, 0.5) is 5.82 Å². The van der Waals surface area contributed by atoms with Crippen LogP contribution in [-0.4, -0.2) is 153 Å². The minimum absolute atomic E-state index is 0.0813. The fourth-order valence-electron chi connectivity index (χ4n) is 6.50. The van der Waals surface area contributed by atoms with E-state index in [-0.39, 0.29) is 5.91 Å². The average Bonchev–Trinajstić information content (AvgIpc) is 3.87. The zero-order valence-electron chi connectivity index (χ0n) is 33.4. The van der Waals surface area contributed by atoms with Crippen LogP contribution in [0.3, 0.4) is 0 Å². The average molecular weight is 805 g/mol. The van der Waals surface area contributed by atoms with Crippen LogP contribution in [0.25, 0.3) is 33.3 Å². The molecule has 1 aliphatic rings. The van der Waals surface area contributed by atoms with Crippen LogP contribution in [0, 0.1) is 0 Å². The van der Waals surface area contributed by atoms with Crippen molar-refractivity contribution in [2.75, 3.05) is 118 Å². The summed E-state index contributed by atoms with van der Waals surface area (Å²) in [7, 11) is 0. The standard InChI is InChI=1S/C41H56N8O9/c1-2-51-11-12-53-15-16-55-19-20-57-23-24-58-22-21-56-18-17-54-14-13-52-10-7-36(50)48-9-6-32-25-31(3-4-34(32)29-48)28-49-41-37(39(42)45-30-46-41)38(47-49)35-26-33-5-8-43-40(33)44-27-35/h3-5,8,25-27,30H,2,6-7,9-24,28-29H2,1H3,(H,43,44)(H2,42,45,46). The summed E-state index contributed by atoms with van der Waals surface area (Å²) in [5.41, 5.74) is 12.8. The summed E-state index contributed by atoms with van der Waals surface area (Å²) < 4.78 is 45.7. The SMILES string of the molecule is CCOCCOCCOCCOCCOCCOCCOCCOCCC(=O)N1CCc2cc(Cn3nc(-c4cnc5[nH]ccc5c4)c4c(N)ncnc43)ccc2C1. The number of aromatic nitrogens is 6. The Kier molecular flexibility index (Phi) is 17.6. The van der Waals surface area contributed by atoms with Crippen molar-refractivity contribution >= 4 is 33.8 Å². The van der Waals surface area contributed by atoms with Crippen LogP contribution in [0.5, 0.6) is 0 Å². The lowest BCUT2D eigenvalue weighted by Crippen LogP contribution is -2.36. The summed E-state index contributed by atoms with van der Waals surface area (Å²) in [6.45, 7) is 11.8. The molecule has 0 unspecified atom stereocenters. The fourth-order valence-corrected chi connectivity index (χ4v) is 6.50. The summed E-state index contributed by atoms with van der Waals surface area (Å²) in [5, 5.41) is 6.63. The molecule has 4 aromatic heterocycles. The van der Waals surface area contributed by atoms with E-state index in [2.05, 4.69) is 38.1 Å². The molecule has 1 amide bonds. The molecule has 0 atom stereocenters. The second-order valence-electron chi connectivity index (χ2n) is 13.5. The van der Waals surface area contributed by atoms with Crippen LogP contribution >= 0.6 is 0 Å². The molecule has 0 fully saturated rings. The Bertz CT molecular complexity index is 1990. The first-order valence-electron chi connectivity index (χ1n) is 20.0. The van der Waals surface area contributed by atoms with Gasteiger partial charge in [-0.15, -0.1) is 0 Å². The zero-order valence-corrected chi connectivity index (χ0v) is 33.4. The summed E-state index contributed by atoms with van der Waals surface area (Å²) in [6, 6.07) is 10.4. The quantitative estimate of drug-likeness (QED) is 0.0699. The number of benzene rings is 1. The number of ether oxygens (including phenoxy) is 8. The molecular weight excluding hydrogens is 748 g/mol. The van der Waals surface area contributed by atoms with Crippen molar-refractivity contribution in [2.45, 2.75) is 32.9 Å². The van der Waals surface area contributed by atoms with Crippen molar-refractivity contribution in [3.63, 3.8) is 0 Å². The van der Waals surface area contributed by atoms with Gasteiger partial charge in [-0.2, -0.15) is 5.10 Å². The third-order valence-electron chi connectivity index (χ3n) is 9.47. The van der Waals surface area contributed by atoms with Gasteiger partial charge in [0.25, 0.3) is 0 Å². The number of nitrogen functional groups attached to an aromatic ring is 1. The number of pyridine rings is 1. The van der Waals surface area contributed by atoms with E-state index in [1.807, 2.05) is 34.8 Å². The molecule has 0 spiro atoms. The molecule has 0 aliphatic carbocycles. The molecule has 1 aliphatic heterocycles. The Morgan fingerprint density at radius 1 is 0.741 bits per heavy atom. The first kappa shape index (κ1) is 43.0. The molecule has 17 heteroatoms. The van der Waals surface area contributed by atoms with Crippen LogP contribution in [0.15, 0.2) is 49.1 Å². The largest absolute Gasteiger partial charge is 0.383 e. The highest BCUT2D eigenvalue weighted by Gasteiger charge is 2.22. The molecule has 0 saturated heterocycles. The summed E-state index contributed by atoms with van der Waals surface area (Å²) in [4.78, 5) is 31.3. The summed E-state index contributed by atoms with van der Waals surface area (Å²) in [5.74, 6) is 0.454. The maximum Gasteiger partial charge on any atom is 0.225 e. The molecule has 58 heavy (non-hydrogen) atoms. The van der Waals surface area contributed by atoms with Gasteiger partial charge in [-0.25, -0.2) is 19.6 Å². The van der Waals surface area contributed by atoms with Crippen molar-refractivity contribution in [2.24, 2.45) is 0 Å². The number of nitrogens with one attached hydrogen (secondary N) is 1. The van der Waals surface area contributed by atoms with Gasteiger partial charge in [-0.3, -0.25) is 4.79 Å². The number of anilines is 1. The molecule has 314 valence electrons. The van der Waals surface area contributed by atoms with Crippen molar-refractivity contribution in [1.29, 1.82) is 0 Å². The number of H-pyrrole nitrogens is 1. The highest BCUT2D eigenvalue weighted by atomic mass is 16.6. The van der Waals surface area contributed by atoms with E-state index in [0.29, 0.717) is 154 Å². The second-order valence-corrected chi connectivity index (χ2v) is 13.5. The molecule has 1 aromatic carbocycles. The van der Waals surface area contributed by atoms with Gasteiger partial charge in [0.1, 0.15) is 23.5 Å². The molecule has 0 bridgehead atoms. The lowest BCUT2D eigenvalue weighted by Gasteiger charge is -2.29. The zero-order chi connectivity index (χ0) is 40.2. The molecule has 6 rings (SSSR count). The maximum absolute atomic E-state index is 13.0. The molecule has 3 N–H and O–H groups in total. The van der Waals surface area contributed by atoms with Gasteiger partial charge in [0, 0.05) is 43.0 Å². The number of aromatic amines is 1. The molecular formula is C41H56N8O9. The van der Waals surface area contributed by atoms with Crippen molar-refractivity contribution < 1.29 is 42.7 Å². The van der Waals surface area contributed by atoms with Gasteiger partial charge in [-0.1, -0.05) is 18.2 Å². The molecule has 5 heterocycles. The van der Waals surface area contributed by atoms with Crippen LogP contribution in [0.2, 0.25) is 0 Å². The van der Waals surface area contributed by atoms with Crippen LogP contribution in [-0.2, 0) is 62.2 Å². The van der Waals surface area contributed by atoms with Gasteiger partial charge in [-0.05, 0) is 42.2 Å².